The van der Waals surface area contributed by atoms with Crippen LogP contribution in [0, 0.1) is 17.8 Å². The molecule has 0 aliphatic carbocycles. The summed E-state index contributed by atoms with van der Waals surface area (Å²) in [6.45, 7) is 10.9. The topological polar surface area (TPSA) is 55.8 Å². The smallest absolute Gasteiger partial charge is 0.434 e. The maximum Gasteiger partial charge on any atom is 0.508 e. The lowest BCUT2D eigenvalue weighted by molar-refractivity contribution is 0.0171. The molecule has 3 atom stereocenters. The van der Waals surface area contributed by atoms with Crippen molar-refractivity contribution in [3.63, 3.8) is 0 Å². The van der Waals surface area contributed by atoms with Gasteiger partial charge in [-0.2, -0.15) is 0 Å². The van der Waals surface area contributed by atoms with Crippen molar-refractivity contribution in [2.75, 3.05) is 13.2 Å². The maximum absolute atomic E-state index is 11.2. The van der Waals surface area contributed by atoms with Gasteiger partial charge in [0.05, 0.1) is 12.7 Å². The Labute approximate surface area is 130 Å². The third-order valence-corrected chi connectivity index (χ3v) is 3.56. The Bertz CT molecular complexity index is 264. The van der Waals surface area contributed by atoms with E-state index in [2.05, 4.69) is 27.7 Å². The molecule has 0 aromatic carbocycles. The highest BCUT2D eigenvalue weighted by atomic mass is 16.7. The van der Waals surface area contributed by atoms with Gasteiger partial charge < -0.3 is 14.6 Å². The lowest BCUT2D eigenvalue weighted by Gasteiger charge is -2.16. The van der Waals surface area contributed by atoms with E-state index in [0.717, 1.165) is 18.3 Å². The van der Waals surface area contributed by atoms with Crippen molar-refractivity contribution in [1.82, 2.24) is 0 Å². The van der Waals surface area contributed by atoms with E-state index in [9.17, 15) is 4.79 Å². The van der Waals surface area contributed by atoms with E-state index in [4.69, 9.17) is 14.6 Å². The zero-order valence-electron chi connectivity index (χ0n) is 14.4. The average molecular weight is 302 g/mol. The summed E-state index contributed by atoms with van der Waals surface area (Å²) in [6.07, 6.45) is 4.78. The Kier molecular flexibility index (Phi) is 11.4. The first-order chi connectivity index (χ1) is 9.81. The second-order valence-electron chi connectivity index (χ2n) is 6.83. The zero-order valence-corrected chi connectivity index (χ0v) is 14.4. The second kappa shape index (κ2) is 11.8. The fourth-order valence-corrected chi connectivity index (χ4v) is 2.11. The molecule has 1 N–H and O–H groups in total. The number of carbonyl (C=O) groups is 1. The highest BCUT2D eigenvalue weighted by Gasteiger charge is 2.11. The van der Waals surface area contributed by atoms with Crippen molar-refractivity contribution >= 4 is 6.16 Å². The summed E-state index contributed by atoms with van der Waals surface area (Å²) in [7, 11) is 0. The first kappa shape index (κ1) is 20.2. The van der Waals surface area contributed by atoms with Crippen LogP contribution in [-0.2, 0) is 9.47 Å². The first-order valence-corrected chi connectivity index (χ1v) is 8.28. The number of carbonyl (C=O) groups excluding carboxylic acids is 1. The van der Waals surface area contributed by atoms with E-state index >= 15 is 0 Å². The molecule has 0 aromatic heterocycles. The highest BCUT2D eigenvalue weighted by molar-refractivity contribution is 5.59. The predicted octanol–water partition coefficient (Wildman–Crippen LogP) is 4.40. The third-order valence-electron chi connectivity index (χ3n) is 3.56. The normalized spacial score (nSPS) is 15.6. The van der Waals surface area contributed by atoms with E-state index < -0.39 is 12.3 Å². The highest BCUT2D eigenvalue weighted by Crippen LogP contribution is 2.19. The van der Waals surface area contributed by atoms with Crippen LogP contribution in [-0.4, -0.2) is 30.6 Å². The Morgan fingerprint density at radius 3 is 2.00 bits per heavy atom. The van der Waals surface area contributed by atoms with E-state index in [0.29, 0.717) is 12.5 Å². The van der Waals surface area contributed by atoms with Crippen molar-refractivity contribution < 1.29 is 19.4 Å². The van der Waals surface area contributed by atoms with Crippen molar-refractivity contribution in [1.29, 1.82) is 0 Å². The molecule has 3 unspecified atom stereocenters. The molecule has 126 valence electrons. The molecule has 0 heterocycles. The molecule has 0 rings (SSSR count). The third kappa shape index (κ3) is 13.9. The van der Waals surface area contributed by atoms with E-state index in [-0.39, 0.29) is 6.61 Å². The van der Waals surface area contributed by atoms with Crippen LogP contribution in [0.4, 0.5) is 4.79 Å². The Morgan fingerprint density at radius 2 is 1.43 bits per heavy atom. The molecule has 4 nitrogen and oxygen atoms in total. The summed E-state index contributed by atoms with van der Waals surface area (Å²) in [4.78, 5) is 11.2. The fourth-order valence-electron chi connectivity index (χ4n) is 2.11. The van der Waals surface area contributed by atoms with Gasteiger partial charge in [0.2, 0.25) is 0 Å². The van der Waals surface area contributed by atoms with Crippen molar-refractivity contribution in [3.05, 3.63) is 0 Å². The van der Waals surface area contributed by atoms with Crippen molar-refractivity contribution in [3.8, 4) is 0 Å². The summed E-state index contributed by atoms with van der Waals surface area (Å²) in [5.41, 5.74) is 0. The van der Waals surface area contributed by atoms with Crippen LogP contribution in [0.3, 0.4) is 0 Å². The molecule has 0 spiro atoms. The fraction of sp³-hybridized carbons (Fsp3) is 0.941. The number of ether oxygens (including phenoxy) is 2. The van der Waals surface area contributed by atoms with Crippen LogP contribution >= 0.6 is 0 Å². The number of hydrogen-bond acceptors (Lipinski definition) is 4. The SMILES string of the molecule is CC(C)CCCC(C)CCC(C)COC(=O)OCC(C)O. The average Bonchev–Trinajstić information content (AvgIpc) is 2.40. The summed E-state index contributed by atoms with van der Waals surface area (Å²) in [6, 6.07) is 0. The largest absolute Gasteiger partial charge is 0.508 e. The first-order valence-electron chi connectivity index (χ1n) is 8.28. The van der Waals surface area contributed by atoms with Gasteiger partial charge in [0.25, 0.3) is 0 Å². The summed E-state index contributed by atoms with van der Waals surface area (Å²) in [5.74, 6) is 1.86. The molecule has 0 aliphatic rings. The van der Waals surface area contributed by atoms with E-state index in [1.54, 1.807) is 6.92 Å². The number of aliphatic hydroxyl groups excluding tert-OH is 1. The Balaban J connectivity index is 3.60. The van der Waals surface area contributed by atoms with Crippen molar-refractivity contribution in [2.24, 2.45) is 17.8 Å². The van der Waals surface area contributed by atoms with Gasteiger partial charge >= 0.3 is 6.16 Å². The van der Waals surface area contributed by atoms with Gasteiger partial charge in [0.1, 0.15) is 6.61 Å². The molecule has 0 saturated carbocycles. The van der Waals surface area contributed by atoms with Gasteiger partial charge in [-0.05, 0) is 31.1 Å². The number of hydrogen-bond donors (Lipinski definition) is 1. The van der Waals surface area contributed by atoms with Gasteiger partial charge in [0.15, 0.2) is 0 Å². The summed E-state index contributed by atoms with van der Waals surface area (Å²) >= 11 is 0. The molecule has 0 radical (unpaired) electrons. The molecule has 0 fully saturated rings. The van der Waals surface area contributed by atoms with Crippen LogP contribution in [0.5, 0.6) is 0 Å². The van der Waals surface area contributed by atoms with Gasteiger partial charge in [-0.25, -0.2) is 4.79 Å². The summed E-state index contributed by atoms with van der Waals surface area (Å²) in [5, 5.41) is 9.00. The van der Waals surface area contributed by atoms with Crippen LogP contribution in [0.1, 0.15) is 66.7 Å². The lowest BCUT2D eigenvalue weighted by atomic mass is 9.93. The minimum absolute atomic E-state index is 0.0138. The van der Waals surface area contributed by atoms with Gasteiger partial charge in [0, 0.05) is 0 Å². The maximum atomic E-state index is 11.2. The van der Waals surface area contributed by atoms with Crippen LogP contribution < -0.4 is 0 Å². The van der Waals surface area contributed by atoms with Gasteiger partial charge in [-0.15, -0.1) is 0 Å². The molecule has 0 aliphatic heterocycles. The van der Waals surface area contributed by atoms with Crippen molar-refractivity contribution in [2.45, 2.75) is 72.8 Å². The van der Waals surface area contributed by atoms with E-state index in [1.807, 2.05) is 0 Å². The molecule has 21 heavy (non-hydrogen) atoms. The zero-order chi connectivity index (χ0) is 16.3. The number of aliphatic hydroxyl groups is 1. The van der Waals surface area contributed by atoms with Gasteiger partial charge in [-0.1, -0.05) is 53.4 Å². The van der Waals surface area contributed by atoms with Crippen LogP contribution in [0.2, 0.25) is 0 Å². The minimum atomic E-state index is -0.687. The van der Waals surface area contributed by atoms with Crippen LogP contribution in [0.25, 0.3) is 0 Å². The summed E-state index contributed by atoms with van der Waals surface area (Å²) < 4.78 is 9.77. The minimum Gasteiger partial charge on any atom is -0.434 e. The van der Waals surface area contributed by atoms with Crippen LogP contribution in [0.15, 0.2) is 0 Å². The van der Waals surface area contributed by atoms with Gasteiger partial charge in [-0.3, -0.25) is 0 Å². The Morgan fingerprint density at radius 1 is 0.857 bits per heavy atom. The molecular formula is C17H34O4. The standard InChI is InChI=1S/C17H34O4/c1-13(2)7-6-8-14(3)9-10-15(4)11-20-17(19)21-12-16(5)18/h13-16,18H,6-12H2,1-5H3. The molecule has 4 heteroatoms. The predicted molar refractivity (Wildman–Crippen MR) is 85.2 cm³/mol. The molecule has 0 aromatic rings. The molecule has 0 amide bonds. The Hall–Kier alpha value is -0.770. The molecule has 0 bridgehead atoms. The molecule has 0 saturated heterocycles. The number of rotatable bonds is 11. The lowest BCUT2D eigenvalue weighted by Crippen LogP contribution is -2.18. The molecular weight excluding hydrogens is 268 g/mol. The van der Waals surface area contributed by atoms with E-state index in [1.165, 1.54) is 25.7 Å². The monoisotopic (exact) mass is 302 g/mol. The quantitative estimate of drug-likeness (QED) is 0.575. The second-order valence-corrected chi connectivity index (χ2v) is 6.83.